The molecule has 0 aliphatic heterocycles. The van der Waals surface area contributed by atoms with E-state index in [9.17, 15) is 0 Å². The molecule has 0 saturated heterocycles. The first-order valence-corrected chi connectivity index (χ1v) is 10.4. The summed E-state index contributed by atoms with van der Waals surface area (Å²) in [7, 11) is 3.38. The van der Waals surface area contributed by atoms with Crippen molar-refractivity contribution in [2.75, 3.05) is 19.5 Å². The molecule has 4 rings (SSSR count). The van der Waals surface area contributed by atoms with Gasteiger partial charge in [-0.2, -0.15) is 0 Å². The first-order valence-electron chi connectivity index (χ1n) is 10.0. The molecular formula is C24H24ClN5O. The molecule has 31 heavy (non-hydrogen) atoms. The predicted octanol–water partition coefficient (Wildman–Crippen LogP) is 4.93. The standard InChI is InChI=1S/C24H24ClN5O/c1-14-8-10-17(25)16(12-14)23(27-2)21-18(26)11-9-15-13-28-24(30-22(15)21)29-19-6-4-5-7-20(19)31-3/h4-8,10,12-13H,9,11,26H2,1-3H3,(H,28,29,30). The third-order valence-corrected chi connectivity index (χ3v) is 5.61. The number of rotatable bonds is 5. The molecule has 1 aliphatic carbocycles. The van der Waals surface area contributed by atoms with E-state index in [0.29, 0.717) is 23.1 Å². The second kappa shape index (κ2) is 8.78. The number of fused-ring (bicyclic) bond motifs is 1. The maximum Gasteiger partial charge on any atom is 0.227 e. The van der Waals surface area contributed by atoms with E-state index in [4.69, 9.17) is 27.1 Å². The Bertz CT molecular complexity index is 1200. The third-order valence-electron chi connectivity index (χ3n) is 5.28. The first kappa shape index (κ1) is 20.9. The summed E-state index contributed by atoms with van der Waals surface area (Å²) in [5.41, 5.74) is 13.3. The molecule has 1 aromatic heterocycles. The monoisotopic (exact) mass is 433 g/mol. The molecule has 0 radical (unpaired) electrons. The van der Waals surface area contributed by atoms with Crippen LogP contribution in [-0.2, 0) is 6.42 Å². The molecule has 0 unspecified atom stereocenters. The van der Waals surface area contributed by atoms with E-state index in [0.717, 1.165) is 51.5 Å². The van der Waals surface area contributed by atoms with Crippen LogP contribution in [0.4, 0.5) is 11.6 Å². The number of allylic oxidation sites excluding steroid dienone is 2. The van der Waals surface area contributed by atoms with Crippen LogP contribution in [0.15, 0.2) is 59.4 Å². The van der Waals surface area contributed by atoms with Crippen LogP contribution in [0.1, 0.15) is 28.8 Å². The topological polar surface area (TPSA) is 85.4 Å². The van der Waals surface area contributed by atoms with Crippen molar-refractivity contribution in [2.24, 2.45) is 10.7 Å². The molecule has 0 spiro atoms. The summed E-state index contributed by atoms with van der Waals surface area (Å²) >= 11 is 6.53. The summed E-state index contributed by atoms with van der Waals surface area (Å²) in [6.07, 6.45) is 3.34. The summed E-state index contributed by atoms with van der Waals surface area (Å²) in [4.78, 5) is 13.9. The molecule has 0 atom stereocenters. The van der Waals surface area contributed by atoms with Crippen LogP contribution in [0.2, 0.25) is 5.02 Å². The summed E-state index contributed by atoms with van der Waals surface area (Å²) in [6.45, 7) is 2.02. The number of nitrogens with zero attached hydrogens (tertiary/aromatic N) is 3. The van der Waals surface area contributed by atoms with Crippen molar-refractivity contribution in [1.29, 1.82) is 0 Å². The summed E-state index contributed by atoms with van der Waals surface area (Å²) in [5.74, 6) is 1.17. The SMILES string of the molecule is CN=C(C1=C(N)CCc2cnc(Nc3ccccc3OC)nc21)c1cc(C)ccc1Cl. The Labute approximate surface area is 186 Å². The van der Waals surface area contributed by atoms with E-state index in [1.165, 1.54) is 0 Å². The molecule has 1 aliphatic rings. The Morgan fingerprint density at radius 3 is 2.77 bits per heavy atom. The number of ether oxygens (including phenoxy) is 1. The van der Waals surface area contributed by atoms with Crippen molar-refractivity contribution in [1.82, 2.24) is 9.97 Å². The quantitative estimate of drug-likeness (QED) is 0.557. The Hall–Kier alpha value is -3.38. The van der Waals surface area contributed by atoms with Gasteiger partial charge in [0.1, 0.15) is 5.75 Å². The highest BCUT2D eigenvalue weighted by Crippen LogP contribution is 2.34. The van der Waals surface area contributed by atoms with E-state index >= 15 is 0 Å². The van der Waals surface area contributed by atoms with Gasteiger partial charge < -0.3 is 15.8 Å². The van der Waals surface area contributed by atoms with Crippen molar-refractivity contribution in [2.45, 2.75) is 19.8 Å². The number of benzene rings is 2. The lowest BCUT2D eigenvalue weighted by molar-refractivity contribution is 0.417. The van der Waals surface area contributed by atoms with E-state index in [2.05, 4.69) is 15.3 Å². The number of aryl methyl sites for hydroxylation is 2. The van der Waals surface area contributed by atoms with Crippen molar-refractivity contribution in [3.8, 4) is 5.75 Å². The molecule has 158 valence electrons. The maximum atomic E-state index is 6.53. The average Bonchev–Trinajstić information content (AvgIpc) is 2.78. The fourth-order valence-electron chi connectivity index (χ4n) is 3.73. The number of aromatic nitrogens is 2. The smallest absolute Gasteiger partial charge is 0.227 e. The van der Waals surface area contributed by atoms with E-state index in [1.54, 1.807) is 14.2 Å². The number of para-hydroxylation sites is 2. The second-order valence-electron chi connectivity index (χ2n) is 7.35. The minimum absolute atomic E-state index is 0.459. The van der Waals surface area contributed by atoms with Crippen LogP contribution in [0.5, 0.6) is 5.75 Å². The number of methoxy groups -OCH3 is 1. The molecule has 0 saturated carbocycles. The van der Waals surface area contributed by atoms with Gasteiger partial charge in [-0.1, -0.05) is 35.4 Å². The highest BCUT2D eigenvalue weighted by molar-refractivity contribution is 6.40. The molecule has 0 amide bonds. The highest BCUT2D eigenvalue weighted by atomic mass is 35.5. The molecule has 0 bridgehead atoms. The van der Waals surface area contributed by atoms with Gasteiger partial charge in [-0.25, -0.2) is 9.97 Å². The molecule has 2 aromatic carbocycles. The fourth-order valence-corrected chi connectivity index (χ4v) is 3.94. The number of aliphatic imine (C=N–C) groups is 1. The van der Waals surface area contributed by atoms with Gasteiger partial charge >= 0.3 is 0 Å². The van der Waals surface area contributed by atoms with Gasteiger partial charge in [0.25, 0.3) is 0 Å². The fraction of sp³-hybridized carbons (Fsp3) is 0.208. The average molecular weight is 434 g/mol. The zero-order chi connectivity index (χ0) is 22.0. The van der Waals surface area contributed by atoms with Gasteiger partial charge in [0.15, 0.2) is 0 Å². The van der Waals surface area contributed by atoms with Crippen molar-refractivity contribution in [3.05, 3.63) is 81.8 Å². The number of anilines is 2. The lowest BCUT2D eigenvalue weighted by atomic mass is 9.88. The first-order chi connectivity index (χ1) is 15.0. The Morgan fingerprint density at radius 2 is 2.00 bits per heavy atom. The number of hydrogen-bond donors (Lipinski definition) is 2. The summed E-state index contributed by atoms with van der Waals surface area (Å²) in [6, 6.07) is 13.5. The van der Waals surface area contributed by atoms with E-state index < -0.39 is 0 Å². The third kappa shape index (κ3) is 4.11. The van der Waals surface area contributed by atoms with Crippen LogP contribution in [0, 0.1) is 6.92 Å². The van der Waals surface area contributed by atoms with Gasteiger partial charge in [-0.15, -0.1) is 0 Å². The number of halogens is 1. The molecule has 3 aromatic rings. The van der Waals surface area contributed by atoms with Crippen molar-refractivity contribution in [3.63, 3.8) is 0 Å². The van der Waals surface area contributed by atoms with E-state index in [-0.39, 0.29) is 0 Å². The van der Waals surface area contributed by atoms with Crippen LogP contribution in [0.25, 0.3) is 5.57 Å². The Balaban J connectivity index is 1.80. The number of nitrogens with one attached hydrogen (secondary N) is 1. The minimum Gasteiger partial charge on any atom is -0.495 e. The Morgan fingerprint density at radius 1 is 1.19 bits per heavy atom. The minimum atomic E-state index is 0.459. The molecule has 6 nitrogen and oxygen atoms in total. The summed E-state index contributed by atoms with van der Waals surface area (Å²) < 4.78 is 5.43. The van der Waals surface area contributed by atoms with Gasteiger partial charge in [-0.05, 0) is 49.6 Å². The Kier molecular flexibility index (Phi) is 5.91. The van der Waals surface area contributed by atoms with Gasteiger partial charge in [-0.3, -0.25) is 4.99 Å². The molecule has 3 N–H and O–H groups in total. The zero-order valence-electron chi connectivity index (χ0n) is 17.7. The maximum absolute atomic E-state index is 6.53. The van der Waals surface area contributed by atoms with Crippen LogP contribution < -0.4 is 15.8 Å². The molecule has 1 heterocycles. The lowest BCUT2D eigenvalue weighted by Crippen LogP contribution is -2.20. The number of hydrogen-bond acceptors (Lipinski definition) is 6. The van der Waals surface area contributed by atoms with Crippen LogP contribution in [-0.4, -0.2) is 29.8 Å². The van der Waals surface area contributed by atoms with Crippen molar-refractivity contribution < 1.29 is 4.74 Å². The largest absolute Gasteiger partial charge is 0.495 e. The predicted molar refractivity (Wildman–Crippen MR) is 126 cm³/mol. The number of nitrogens with two attached hydrogens (primary N) is 1. The zero-order valence-corrected chi connectivity index (χ0v) is 18.5. The van der Waals surface area contributed by atoms with Gasteiger partial charge in [0, 0.05) is 35.1 Å². The van der Waals surface area contributed by atoms with Gasteiger partial charge in [0.05, 0.1) is 24.2 Å². The molecule has 0 fully saturated rings. The van der Waals surface area contributed by atoms with Crippen LogP contribution >= 0.6 is 11.6 Å². The lowest BCUT2D eigenvalue weighted by Gasteiger charge is -2.23. The molecular weight excluding hydrogens is 410 g/mol. The van der Waals surface area contributed by atoms with Gasteiger partial charge in [0.2, 0.25) is 5.95 Å². The van der Waals surface area contributed by atoms with Crippen molar-refractivity contribution >= 4 is 34.5 Å². The highest BCUT2D eigenvalue weighted by Gasteiger charge is 2.26. The van der Waals surface area contributed by atoms with Crippen LogP contribution in [0.3, 0.4) is 0 Å². The normalized spacial score (nSPS) is 13.7. The van der Waals surface area contributed by atoms with E-state index in [1.807, 2.05) is 55.6 Å². The molecule has 7 heteroatoms. The second-order valence-corrected chi connectivity index (χ2v) is 7.76. The summed E-state index contributed by atoms with van der Waals surface area (Å²) in [5, 5.41) is 3.87.